The number of aryl methyl sites for hydroxylation is 2. The molecule has 3 aromatic rings. The Kier molecular flexibility index (Phi) is 14.2. The molecule has 0 fully saturated rings. The highest BCUT2D eigenvalue weighted by Gasteiger charge is 2.21. The largest absolute Gasteiger partial charge is 0.467 e. The number of guanidine groups is 1. The lowest BCUT2D eigenvalue weighted by atomic mass is 9.99. The van der Waals surface area contributed by atoms with E-state index in [0.717, 1.165) is 48.8 Å². The Balaban J connectivity index is 1.40. The molecule has 1 heterocycles. The first-order valence-corrected chi connectivity index (χ1v) is 15.4. The summed E-state index contributed by atoms with van der Waals surface area (Å²) < 4.78 is 4.82. The second kappa shape index (κ2) is 18.3. The molecule has 2 amide bonds. The van der Waals surface area contributed by atoms with Crippen LogP contribution in [0.2, 0.25) is 5.15 Å². The SMILES string of the molecule is COC(=O)[C@@H](CCCCN)NC(=O)CCc1ccc(-c2ccc(CCCCN=C(N)NC(=O)c3nc(Cl)c(N)nc3N)cc2)cc1. The first-order valence-electron chi connectivity index (χ1n) is 15.1. The zero-order valence-electron chi connectivity index (χ0n) is 25.9. The van der Waals surface area contributed by atoms with Gasteiger partial charge < -0.3 is 33.0 Å². The van der Waals surface area contributed by atoms with Crippen molar-refractivity contribution in [2.45, 2.75) is 57.4 Å². The van der Waals surface area contributed by atoms with E-state index in [0.29, 0.717) is 25.9 Å². The molecule has 0 unspecified atom stereocenters. The van der Waals surface area contributed by atoms with Crippen molar-refractivity contribution in [2.24, 2.45) is 16.5 Å². The number of nitrogen functional groups attached to an aromatic ring is 2. The summed E-state index contributed by atoms with van der Waals surface area (Å²) in [6.45, 7) is 0.973. The number of halogens is 1. The molecule has 46 heavy (non-hydrogen) atoms. The fraction of sp³-hybridized carbons (Fsp3) is 0.375. The lowest BCUT2D eigenvalue weighted by molar-refractivity contribution is -0.145. The zero-order chi connectivity index (χ0) is 33.5. The lowest BCUT2D eigenvalue weighted by Gasteiger charge is -2.16. The number of nitrogens with zero attached hydrogens (tertiary/aromatic N) is 3. The van der Waals surface area contributed by atoms with Gasteiger partial charge in [-0.15, -0.1) is 0 Å². The highest BCUT2D eigenvalue weighted by molar-refractivity contribution is 6.31. The van der Waals surface area contributed by atoms with Crippen LogP contribution in [0.25, 0.3) is 11.1 Å². The van der Waals surface area contributed by atoms with Crippen molar-refractivity contribution in [1.29, 1.82) is 0 Å². The molecule has 1 atom stereocenters. The van der Waals surface area contributed by atoms with Crippen molar-refractivity contribution in [2.75, 3.05) is 31.7 Å². The van der Waals surface area contributed by atoms with E-state index in [-0.39, 0.29) is 40.8 Å². The summed E-state index contributed by atoms with van der Waals surface area (Å²) in [7, 11) is 1.32. The third-order valence-electron chi connectivity index (χ3n) is 7.17. The average molecular weight is 652 g/mol. The second-order valence-corrected chi connectivity index (χ2v) is 11.0. The van der Waals surface area contributed by atoms with Crippen LogP contribution in [0.5, 0.6) is 0 Å². The van der Waals surface area contributed by atoms with Crippen LogP contribution in [0, 0.1) is 0 Å². The van der Waals surface area contributed by atoms with Gasteiger partial charge in [-0.25, -0.2) is 14.8 Å². The number of hydrogen-bond acceptors (Lipinski definition) is 10. The van der Waals surface area contributed by atoms with Crippen LogP contribution < -0.4 is 33.6 Å². The predicted molar refractivity (Wildman–Crippen MR) is 180 cm³/mol. The smallest absolute Gasteiger partial charge is 0.328 e. The number of rotatable bonds is 16. The number of nitrogens with two attached hydrogens (primary N) is 4. The molecule has 0 saturated heterocycles. The molecule has 10 N–H and O–H groups in total. The Morgan fingerprint density at radius 1 is 0.891 bits per heavy atom. The molecule has 246 valence electrons. The van der Waals surface area contributed by atoms with Crippen molar-refractivity contribution >= 4 is 47.0 Å². The summed E-state index contributed by atoms with van der Waals surface area (Å²) in [6, 6.07) is 15.8. The van der Waals surface area contributed by atoms with Gasteiger partial charge in [0.15, 0.2) is 28.4 Å². The van der Waals surface area contributed by atoms with Crippen LogP contribution in [-0.4, -0.2) is 60.0 Å². The predicted octanol–water partition coefficient (Wildman–Crippen LogP) is 2.75. The van der Waals surface area contributed by atoms with E-state index in [9.17, 15) is 14.4 Å². The van der Waals surface area contributed by atoms with E-state index in [1.54, 1.807) is 0 Å². The van der Waals surface area contributed by atoms with Crippen LogP contribution in [-0.2, 0) is 27.2 Å². The summed E-state index contributed by atoms with van der Waals surface area (Å²) >= 11 is 5.82. The number of hydrogen-bond donors (Lipinski definition) is 6. The van der Waals surface area contributed by atoms with Gasteiger partial charge in [-0.1, -0.05) is 60.1 Å². The van der Waals surface area contributed by atoms with Crippen molar-refractivity contribution < 1.29 is 19.1 Å². The van der Waals surface area contributed by atoms with E-state index < -0.39 is 17.9 Å². The third kappa shape index (κ3) is 11.3. The van der Waals surface area contributed by atoms with Gasteiger partial charge in [0.05, 0.1) is 7.11 Å². The summed E-state index contributed by atoms with van der Waals surface area (Å²) in [4.78, 5) is 48.6. The van der Waals surface area contributed by atoms with Gasteiger partial charge in [-0.3, -0.25) is 19.9 Å². The van der Waals surface area contributed by atoms with E-state index in [4.69, 9.17) is 39.3 Å². The number of ether oxygens (including phenoxy) is 1. The molecule has 3 rings (SSSR count). The number of carbonyl (C=O) groups excluding carboxylic acids is 3. The fourth-order valence-electron chi connectivity index (χ4n) is 4.60. The Hall–Kier alpha value is -4.75. The highest BCUT2D eigenvalue weighted by atomic mass is 35.5. The van der Waals surface area contributed by atoms with Crippen LogP contribution in [0.1, 0.15) is 60.1 Å². The molecule has 0 aliphatic rings. The third-order valence-corrected chi connectivity index (χ3v) is 7.45. The number of carbonyl (C=O) groups is 3. The van der Waals surface area contributed by atoms with Crippen molar-refractivity contribution in [3.63, 3.8) is 0 Å². The quantitative estimate of drug-likeness (QED) is 0.0574. The molecule has 0 bridgehead atoms. The molecule has 1 aromatic heterocycles. The monoisotopic (exact) mass is 651 g/mol. The summed E-state index contributed by atoms with van der Waals surface area (Å²) in [6.07, 6.45) is 5.37. The fourth-order valence-corrected chi connectivity index (χ4v) is 4.73. The molecule has 0 aliphatic heterocycles. The maximum Gasteiger partial charge on any atom is 0.328 e. The van der Waals surface area contributed by atoms with Gasteiger partial charge in [-0.2, -0.15) is 0 Å². The number of aliphatic imine (C=N–C) groups is 1. The van der Waals surface area contributed by atoms with Gasteiger partial charge in [0.2, 0.25) is 5.91 Å². The van der Waals surface area contributed by atoms with E-state index in [1.807, 2.05) is 24.3 Å². The van der Waals surface area contributed by atoms with E-state index >= 15 is 0 Å². The van der Waals surface area contributed by atoms with Crippen LogP contribution >= 0.6 is 11.6 Å². The molecule has 13 nitrogen and oxygen atoms in total. The first-order chi connectivity index (χ1) is 22.1. The lowest BCUT2D eigenvalue weighted by Crippen LogP contribution is -2.41. The molecule has 0 aliphatic carbocycles. The highest BCUT2D eigenvalue weighted by Crippen LogP contribution is 2.22. The van der Waals surface area contributed by atoms with E-state index in [1.165, 1.54) is 12.7 Å². The standard InChI is InChI=1S/C32H42ClN9O4/c1-46-31(45)24(7-2-4-18-34)39-25(43)17-12-21-10-15-23(16-11-21)22-13-8-20(9-14-22)6-3-5-19-38-32(37)42-30(44)26-28(35)41-29(36)27(33)40-26/h8-11,13-16,24H,2-7,12,17-19,34H2,1H3,(H,39,43)(H4,35,36,41)(H3,37,38,42,44)/t24-/m1/s1. The average Bonchev–Trinajstić information content (AvgIpc) is 3.05. The Labute approximate surface area is 273 Å². The molecular weight excluding hydrogens is 610 g/mol. The number of methoxy groups -OCH3 is 1. The number of unbranched alkanes of at least 4 members (excludes halogenated alkanes) is 2. The van der Waals surface area contributed by atoms with Crippen molar-refractivity contribution in [3.05, 3.63) is 70.5 Å². The molecular formula is C32H42ClN9O4. The number of aromatic nitrogens is 2. The molecule has 0 spiro atoms. The Bertz CT molecular complexity index is 1500. The molecule has 0 saturated carbocycles. The number of esters is 1. The number of benzene rings is 2. The van der Waals surface area contributed by atoms with E-state index in [2.05, 4.69) is 49.9 Å². The number of nitrogens with one attached hydrogen (secondary N) is 2. The van der Waals surface area contributed by atoms with Crippen LogP contribution in [0.4, 0.5) is 11.6 Å². The molecule has 0 radical (unpaired) electrons. The minimum atomic E-state index is -0.675. The zero-order valence-corrected chi connectivity index (χ0v) is 26.7. The van der Waals surface area contributed by atoms with Gasteiger partial charge >= 0.3 is 5.97 Å². The van der Waals surface area contributed by atoms with Crippen molar-refractivity contribution in [3.8, 4) is 11.1 Å². The van der Waals surface area contributed by atoms with Crippen LogP contribution in [0.3, 0.4) is 0 Å². The number of amides is 2. The Morgan fingerprint density at radius 3 is 2.13 bits per heavy atom. The maximum atomic E-state index is 12.5. The van der Waals surface area contributed by atoms with Crippen LogP contribution in [0.15, 0.2) is 53.5 Å². The van der Waals surface area contributed by atoms with Crippen molar-refractivity contribution in [1.82, 2.24) is 20.6 Å². The molecule has 2 aromatic carbocycles. The first kappa shape index (κ1) is 35.7. The summed E-state index contributed by atoms with van der Waals surface area (Å²) in [5.41, 5.74) is 26.8. The topological polar surface area (TPSA) is 227 Å². The van der Waals surface area contributed by atoms with Gasteiger partial charge in [0.25, 0.3) is 5.91 Å². The van der Waals surface area contributed by atoms with Gasteiger partial charge in [-0.05, 0) is 73.7 Å². The summed E-state index contributed by atoms with van der Waals surface area (Å²) in [5, 5.41) is 5.08. The minimum Gasteiger partial charge on any atom is -0.467 e. The maximum absolute atomic E-state index is 12.5. The molecule has 14 heteroatoms. The van der Waals surface area contributed by atoms with Gasteiger partial charge in [0.1, 0.15) is 6.04 Å². The van der Waals surface area contributed by atoms with Gasteiger partial charge in [0, 0.05) is 13.0 Å². The Morgan fingerprint density at radius 2 is 1.52 bits per heavy atom. The number of anilines is 2. The summed E-state index contributed by atoms with van der Waals surface area (Å²) in [5.74, 6) is -1.59. The second-order valence-electron chi connectivity index (χ2n) is 10.6. The normalized spacial score (nSPS) is 11.9. The minimum absolute atomic E-state index is 0.0564.